The van der Waals surface area contributed by atoms with Gasteiger partial charge in [-0.2, -0.15) is 5.10 Å². The first-order valence-electron chi connectivity index (χ1n) is 6.85. The van der Waals surface area contributed by atoms with Crippen molar-refractivity contribution in [3.05, 3.63) is 23.7 Å². The fraction of sp³-hybridized carbons (Fsp3) is 0.500. The number of ether oxygens (including phenoxy) is 2. The largest absolute Gasteiger partial charge is 0.493 e. The third-order valence-corrected chi connectivity index (χ3v) is 3.87. The molecule has 3 rings (SSSR count). The third kappa shape index (κ3) is 2.28. The lowest BCUT2D eigenvalue weighted by molar-refractivity contribution is 0.136. The van der Waals surface area contributed by atoms with Gasteiger partial charge in [0.1, 0.15) is 6.61 Å². The first-order chi connectivity index (χ1) is 10.1. The molecule has 0 aromatic carbocycles. The van der Waals surface area contributed by atoms with Crippen LogP contribution in [-0.4, -0.2) is 41.5 Å². The summed E-state index contributed by atoms with van der Waals surface area (Å²) in [5.41, 5.74) is 1.42. The minimum absolute atomic E-state index is 0.254. The molecule has 1 fully saturated rings. The second-order valence-corrected chi connectivity index (χ2v) is 5.32. The van der Waals surface area contributed by atoms with E-state index in [1.165, 1.54) is 0 Å². The second-order valence-electron chi connectivity index (χ2n) is 5.32. The zero-order valence-corrected chi connectivity index (χ0v) is 12.3. The van der Waals surface area contributed by atoms with Crippen LogP contribution in [0.2, 0.25) is 0 Å². The standard InChI is InChI=1S/C14H18N4O3/c1-9-4-5-10(20-3)11-16-12(17-18(9)11)14(6-7-14)8-21-13(19)15-2/h4-5H,6-8H2,1-3H3,(H,15,19). The Balaban J connectivity index is 1.94. The number of rotatable bonds is 4. The monoisotopic (exact) mass is 290 g/mol. The molecular weight excluding hydrogens is 272 g/mol. The number of aryl methyl sites for hydroxylation is 1. The molecule has 0 aliphatic heterocycles. The number of nitrogens with zero attached hydrogens (tertiary/aromatic N) is 3. The van der Waals surface area contributed by atoms with Gasteiger partial charge in [0.25, 0.3) is 0 Å². The molecule has 0 spiro atoms. The lowest BCUT2D eigenvalue weighted by atomic mass is 10.1. The number of carbonyl (C=O) groups excluding carboxylic acids is 1. The number of hydrogen-bond acceptors (Lipinski definition) is 5. The predicted octanol–water partition coefficient (Wildman–Crippen LogP) is 1.43. The number of hydrogen-bond donors (Lipinski definition) is 1. The van der Waals surface area contributed by atoms with Gasteiger partial charge >= 0.3 is 6.09 Å². The molecular formula is C14H18N4O3. The molecule has 7 nitrogen and oxygen atoms in total. The Kier molecular flexibility index (Phi) is 3.19. The minimum Gasteiger partial charge on any atom is -0.493 e. The molecule has 0 saturated heterocycles. The second kappa shape index (κ2) is 4.91. The van der Waals surface area contributed by atoms with Crippen LogP contribution in [-0.2, 0) is 10.2 Å². The molecule has 112 valence electrons. The summed E-state index contributed by atoms with van der Waals surface area (Å²) in [7, 11) is 3.15. The van der Waals surface area contributed by atoms with Crippen LogP contribution in [0.4, 0.5) is 4.79 Å². The fourth-order valence-corrected chi connectivity index (χ4v) is 2.30. The van der Waals surface area contributed by atoms with E-state index in [-0.39, 0.29) is 5.41 Å². The molecule has 21 heavy (non-hydrogen) atoms. The Morgan fingerprint density at radius 1 is 1.48 bits per heavy atom. The summed E-state index contributed by atoms with van der Waals surface area (Å²) in [6.07, 6.45) is 1.41. The van der Waals surface area contributed by atoms with Crippen molar-refractivity contribution in [3.8, 4) is 5.75 Å². The Labute approximate surface area is 122 Å². The number of fused-ring (bicyclic) bond motifs is 1. The topological polar surface area (TPSA) is 77.8 Å². The van der Waals surface area contributed by atoms with Crippen molar-refractivity contribution in [2.45, 2.75) is 25.2 Å². The van der Waals surface area contributed by atoms with Crippen molar-refractivity contribution in [2.75, 3.05) is 20.8 Å². The Morgan fingerprint density at radius 3 is 2.86 bits per heavy atom. The van der Waals surface area contributed by atoms with Gasteiger partial charge in [0.15, 0.2) is 17.2 Å². The number of alkyl carbamates (subject to hydrolysis) is 1. The normalized spacial score (nSPS) is 15.8. The van der Waals surface area contributed by atoms with Gasteiger partial charge in [-0.05, 0) is 31.9 Å². The highest BCUT2D eigenvalue weighted by Crippen LogP contribution is 2.47. The van der Waals surface area contributed by atoms with Gasteiger partial charge in [0.2, 0.25) is 0 Å². The number of methoxy groups -OCH3 is 1. The van der Waals surface area contributed by atoms with Crippen molar-refractivity contribution < 1.29 is 14.3 Å². The minimum atomic E-state index is -0.432. The van der Waals surface area contributed by atoms with E-state index in [1.54, 1.807) is 18.7 Å². The number of pyridine rings is 1. The first kappa shape index (κ1) is 13.7. The summed E-state index contributed by atoms with van der Waals surface area (Å²) in [5, 5.41) is 7.02. The lowest BCUT2D eigenvalue weighted by Gasteiger charge is -2.11. The molecule has 1 N–H and O–H groups in total. The molecule has 0 radical (unpaired) electrons. The van der Waals surface area contributed by atoms with Gasteiger partial charge in [0, 0.05) is 12.7 Å². The molecule has 1 amide bonds. The van der Waals surface area contributed by atoms with Crippen molar-refractivity contribution in [1.29, 1.82) is 0 Å². The van der Waals surface area contributed by atoms with Crippen molar-refractivity contribution >= 4 is 11.7 Å². The van der Waals surface area contributed by atoms with Crippen LogP contribution in [0.25, 0.3) is 5.65 Å². The van der Waals surface area contributed by atoms with E-state index in [0.29, 0.717) is 23.8 Å². The third-order valence-electron chi connectivity index (χ3n) is 3.87. The van der Waals surface area contributed by atoms with Gasteiger partial charge in [-0.25, -0.2) is 14.3 Å². The molecule has 1 aliphatic rings. The van der Waals surface area contributed by atoms with E-state index in [9.17, 15) is 4.79 Å². The van der Waals surface area contributed by atoms with E-state index in [4.69, 9.17) is 9.47 Å². The number of aromatic nitrogens is 3. The summed E-state index contributed by atoms with van der Waals surface area (Å²) in [5.74, 6) is 1.39. The highest BCUT2D eigenvalue weighted by molar-refractivity contribution is 5.66. The van der Waals surface area contributed by atoms with Crippen LogP contribution in [0, 0.1) is 6.92 Å². The highest BCUT2D eigenvalue weighted by atomic mass is 16.5. The molecule has 2 heterocycles. The molecule has 1 aliphatic carbocycles. The van der Waals surface area contributed by atoms with Gasteiger partial charge in [-0.15, -0.1) is 0 Å². The average Bonchev–Trinajstić information content (AvgIpc) is 3.15. The maximum Gasteiger partial charge on any atom is 0.406 e. The molecule has 0 atom stereocenters. The van der Waals surface area contributed by atoms with Crippen LogP contribution >= 0.6 is 0 Å². The summed E-state index contributed by atoms with van der Waals surface area (Å²) in [6, 6.07) is 3.81. The summed E-state index contributed by atoms with van der Waals surface area (Å²) >= 11 is 0. The Bertz CT molecular complexity index is 691. The first-order valence-corrected chi connectivity index (χ1v) is 6.85. The van der Waals surface area contributed by atoms with Crippen LogP contribution in [0.3, 0.4) is 0 Å². The molecule has 0 unspecified atom stereocenters. The SMILES string of the molecule is CNC(=O)OCC1(c2nc3c(OC)ccc(C)n3n2)CC1. The van der Waals surface area contributed by atoms with E-state index in [2.05, 4.69) is 15.4 Å². The molecule has 0 bridgehead atoms. The van der Waals surface area contributed by atoms with Gasteiger partial charge in [-0.3, -0.25) is 0 Å². The van der Waals surface area contributed by atoms with Crippen molar-refractivity contribution in [2.24, 2.45) is 0 Å². The van der Waals surface area contributed by atoms with E-state index >= 15 is 0 Å². The van der Waals surface area contributed by atoms with E-state index < -0.39 is 6.09 Å². The summed E-state index contributed by atoms with van der Waals surface area (Å²) in [4.78, 5) is 15.8. The number of nitrogens with one attached hydrogen (secondary N) is 1. The summed E-state index contributed by atoms with van der Waals surface area (Å²) < 4.78 is 12.3. The number of amides is 1. The average molecular weight is 290 g/mol. The fourth-order valence-electron chi connectivity index (χ4n) is 2.30. The van der Waals surface area contributed by atoms with Crippen molar-refractivity contribution in [3.63, 3.8) is 0 Å². The molecule has 7 heteroatoms. The van der Waals surface area contributed by atoms with Crippen LogP contribution in [0.15, 0.2) is 12.1 Å². The smallest absolute Gasteiger partial charge is 0.406 e. The molecule has 2 aromatic rings. The predicted molar refractivity (Wildman–Crippen MR) is 75.6 cm³/mol. The zero-order chi connectivity index (χ0) is 15.0. The maximum absolute atomic E-state index is 11.2. The summed E-state index contributed by atoms with van der Waals surface area (Å²) in [6.45, 7) is 2.26. The molecule has 1 saturated carbocycles. The highest BCUT2D eigenvalue weighted by Gasteiger charge is 2.49. The number of carbonyl (C=O) groups is 1. The Hall–Kier alpha value is -2.31. The quantitative estimate of drug-likeness (QED) is 0.921. The van der Waals surface area contributed by atoms with Crippen LogP contribution < -0.4 is 10.1 Å². The van der Waals surface area contributed by atoms with Crippen LogP contribution in [0.1, 0.15) is 24.4 Å². The Morgan fingerprint density at radius 2 is 2.24 bits per heavy atom. The van der Waals surface area contributed by atoms with E-state index in [1.807, 2.05) is 19.1 Å². The molecule has 2 aromatic heterocycles. The van der Waals surface area contributed by atoms with Crippen molar-refractivity contribution in [1.82, 2.24) is 19.9 Å². The zero-order valence-electron chi connectivity index (χ0n) is 12.3. The van der Waals surface area contributed by atoms with Crippen LogP contribution in [0.5, 0.6) is 5.75 Å². The lowest BCUT2D eigenvalue weighted by Crippen LogP contribution is -2.25. The maximum atomic E-state index is 11.2. The van der Waals surface area contributed by atoms with Gasteiger partial charge < -0.3 is 14.8 Å². The van der Waals surface area contributed by atoms with Gasteiger partial charge in [0.05, 0.1) is 12.5 Å². The van der Waals surface area contributed by atoms with E-state index in [0.717, 1.165) is 18.5 Å². The van der Waals surface area contributed by atoms with Gasteiger partial charge in [-0.1, -0.05) is 0 Å².